The Bertz CT molecular complexity index is 863. The van der Waals surface area contributed by atoms with Crippen LogP contribution in [-0.4, -0.2) is 10.9 Å². The zero-order chi connectivity index (χ0) is 16.0. The third-order valence-corrected chi connectivity index (χ3v) is 4.64. The predicted molar refractivity (Wildman–Crippen MR) is 89.9 cm³/mol. The first-order valence-electron chi connectivity index (χ1n) is 7.34. The highest BCUT2D eigenvalue weighted by atomic mass is 35.5. The van der Waals surface area contributed by atoms with E-state index in [0.717, 1.165) is 0 Å². The van der Waals surface area contributed by atoms with Gasteiger partial charge in [-0.25, -0.2) is 0 Å². The molecule has 0 saturated heterocycles. The van der Waals surface area contributed by atoms with Crippen LogP contribution in [0, 0.1) is 0 Å². The van der Waals surface area contributed by atoms with Gasteiger partial charge in [0.1, 0.15) is 5.60 Å². The number of fused-ring (bicyclic) bond motifs is 2. The molecule has 0 aromatic heterocycles. The second-order valence-electron chi connectivity index (χ2n) is 5.64. The molecule has 0 bridgehead atoms. The standard InChI is InChI=1S/C20H13ClO2/c21-14-11-9-13(10-12-14)20(23)17-7-3-1-5-15(17)19(22)16-6-2-4-8-18(16)20/h1-12,23H. The van der Waals surface area contributed by atoms with Gasteiger partial charge in [-0.3, -0.25) is 4.79 Å². The molecule has 0 amide bonds. The van der Waals surface area contributed by atoms with E-state index in [2.05, 4.69) is 0 Å². The molecule has 0 aliphatic heterocycles. The van der Waals surface area contributed by atoms with E-state index in [1.165, 1.54) is 0 Å². The number of halogens is 1. The third kappa shape index (κ3) is 1.96. The van der Waals surface area contributed by atoms with Crippen molar-refractivity contribution < 1.29 is 9.90 Å². The number of carbonyl (C=O) groups excluding carboxylic acids is 1. The summed E-state index contributed by atoms with van der Waals surface area (Å²) < 4.78 is 0. The first-order chi connectivity index (χ1) is 11.1. The lowest BCUT2D eigenvalue weighted by Gasteiger charge is -2.36. The van der Waals surface area contributed by atoms with Crippen molar-refractivity contribution in [2.45, 2.75) is 5.60 Å². The van der Waals surface area contributed by atoms with Crippen molar-refractivity contribution >= 4 is 17.4 Å². The minimum absolute atomic E-state index is 0.0603. The Balaban J connectivity index is 2.09. The molecule has 4 rings (SSSR count). The van der Waals surface area contributed by atoms with E-state index < -0.39 is 5.60 Å². The molecule has 3 aromatic carbocycles. The van der Waals surface area contributed by atoms with Crippen molar-refractivity contribution in [1.82, 2.24) is 0 Å². The topological polar surface area (TPSA) is 37.3 Å². The van der Waals surface area contributed by atoms with Crippen LogP contribution in [-0.2, 0) is 5.60 Å². The monoisotopic (exact) mass is 320 g/mol. The van der Waals surface area contributed by atoms with E-state index in [0.29, 0.717) is 32.8 Å². The highest BCUT2D eigenvalue weighted by Gasteiger charge is 2.43. The largest absolute Gasteiger partial charge is 0.376 e. The summed E-state index contributed by atoms with van der Waals surface area (Å²) in [4.78, 5) is 12.7. The Kier molecular flexibility index (Phi) is 3.12. The third-order valence-electron chi connectivity index (χ3n) is 4.38. The molecular weight excluding hydrogens is 308 g/mol. The van der Waals surface area contributed by atoms with Crippen LogP contribution in [0.3, 0.4) is 0 Å². The van der Waals surface area contributed by atoms with Gasteiger partial charge in [0, 0.05) is 27.3 Å². The van der Waals surface area contributed by atoms with Gasteiger partial charge < -0.3 is 5.11 Å². The van der Waals surface area contributed by atoms with Crippen LogP contribution in [0.25, 0.3) is 0 Å². The highest BCUT2D eigenvalue weighted by molar-refractivity contribution is 6.30. The van der Waals surface area contributed by atoms with Crippen molar-refractivity contribution in [3.63, 3.8) is 0 Å². The molecule has 0 unspecified atom stereocenters. The van der Waals surface area contributed by atoms with Gasteiger partial charge in [-0.15, -0.1) is 0 Å². The average molecular weight is 321 g/mol. The van der Waals surface area contributed by atoms with Gasteiger partial charge in [0.05, 0.1) is 0 Å². The fourth-order valence-corrected chi connectivity index (χ4v) is 3.41. The van der Waals surface area contributed by atoms with Crippen LogP contribution in [0.5, 0.6) is 0 Å². The van der Waals surface area contributed by atoms with Crippen molar-refractivity contribution in [3.8, 4) is 0 Å². The van der Waals surface area contributed by atoms with Crippen LogP contribution >= 0.6 is 11.6 Å². The summed E-state index contributed by atoms with van der Waals surface area (Å²) in [6.07, 6.45) is 0. The zero-order valence-electron chi connectivity index (χ0n) is 12.2. The van der Waals surface area contributed by atoms with Crippen LogP contribution in [0.4, 0.5) is 0 Å². The molecular formula is C20H13ClO2. The molecule has 0 saturated carbocycles. The van der Waals surface area contributed by atoms with Gasteiger partial charge in [-0.1, -0.05) is 72.3 Å². The van der Waals surface area contributed by atoms with Crippen molar-refractivity contribution in [2.24, 2.45) is 0 Å². The van der Waals surface area contributed by atoms with E-state index >= 15 is 0 Å². The van der Waals surface area contributed by atoms with Gasteiger partial charge in [-0.2, -0.15) is 0 Å². The minimum atomic E-state index is -1.37. The molecule has 0 spiro atoms. The summed E-state index contributed by atoms with van der Waals surface area (Å²) in [5, 5.41) is 12.3. The average Bonchev–Trinajstić information content (AvgIpc) is 2.60. The second-order valence-corrected chi connectivity index (χ2v) is 6.07. The van der Waals surface area contributed by atoms with E-state index in [1.54, 1.807) is 48.5 Å². The fraction of sp³-hybridized carbons (Fsp3) is 0.0500. The molecule has 1 N–H and O–H groups in total. The summed E-state index contributed by atoms with van der Waals surface area (Å²) in [5.74, 6) is -0.0603. The number of ketones is 1. The quantitative estimate of drug-likeness (QED) is 0.730. The molecule has 0 heterocycles. The maximum atomic E-state index is 12.7. The first-order valence-corrected chi connectivity index (χ1v) is 7.72. The van der Waals surface area contributed by atoms with Crippen molar-refractivity contribution in [3.05, 3.63) is 106 Å². The van der Waals surface area contributed by atoms with E-state index in [-0.39, 0.29) is 5.78 Å². The minimum Gasteiger partial charge on any atom is -0.376 e. The fourth-order valence-electron chi connectivity index (χ4n) is 3.29. The second kappa shape index (κ2) is 5.05. The molecule has 1 aliphatic carbocycles. The van der Waals surface area contributed by atoms with Gasteiger partial charge >= 0.3 is 0 Å². The number of hydrogen-bond acceptors (Lipinski definition) is 2. The molecule has 3 heteroatoms. The van der Waals surface area contributed by atoms with Crippen LogP contribution in [0.1, 0.15) is 32.6 Å². The van der Waals surface area contributed by atoms with Crippen LogP contribution < -0.4 is 0 Å². The van der Waals surface area contributed by atoms with E-state index in [9.17, 15) is 9.90 Å². The predicted octanol–water partition coefficient (Wildman–Crippen LogP) is 4.17. The molecule has 0 radical (unpaired) electrons. The molecule has 1 aliphatic rings. The SMILES string of the molecule is O=C1c2ccccc2C(O)(c2ccc(Cl)cc2)c2ccccc21. The molecule has 23 heavy (non-hydrogen) atoms. The summed E-state index contributed by atoms with van der Waals surface area (Å²) in [6, 6.07) is 21.5. The lowest BCUT2D eigenvalue weighted by atomic mass is 9.71. The smallest absolute Gasteiger partial charge is 0.193 e. The maximum absolute atomic E-state index is 12.7. The maximum Gasteiger partial charge on any atom is 0.193 e. The first kappa shape index (κ1) is 14.2. The summed E-state index contributed by atoms with van der Waals surface area (Å²) in [5.41, 5.74) is 1.59. The Hall–Kier alpha value is -2.42. The Morgan fingerprint density at radius 1 is 0.739 bits per heavy atom. The highest BCUT2D eigenvalue weighted by Crippen LogP contribution is 2.44. The van der Waals surface area contributed by atoms with Crippen LogP contribution in [0.15, 0.2) is 72.8 Å². The van der Waals surface area contributed by atoms with E-state index in [4.69, 9.17) is 11.6 Å². The van der Waals surface area contributed by atoms with Crippen LogP contribution in [0.2, 0.25) is 5.02 Å². The lowest BCUT2D eigenvalue weighted by molar-refractivity contribution is 0.0949. The normalized spacial score (nSPS) is 15.0. The number of carbonyl (C=O) groups is 1. The van der Waals surface area contributed by atoms with Gasteiger partial charge in [0.25, 0.3) is 0 Å². The molecule has 0 atom stereocenters. The van der Waals surface area contributed by atoms with E-state index in [1.807, 2.05) is 24.3 Å². The van der Waals surface area contributed by atoms with Gasteiger partial charge in [-0.05, 0) is 17.7 Å². The molecule has 112 valence electrons. The number of hydrogen-bond donors (Lipinski definition) is 1. The Labute approximate surface area is 139 Å². The molecule has 3 aromatic rings. The molecule has 0 fully saturated rings. The lowest BCUT2D eigenvalue weighted by Crippen LogP contribution is -2.36. The Morgan fingerprint density at radius 2 is 1.22 bits per heavy atom. The number of rotatable bonds is 1. The summed E-state index contributed by atoms with van der Waals surface area (Å²) in [6.45, 7) is 0. The van der Waals surface area contributed by atoms with Crippen molar-refractivity contribution in [1.29, 1.82) is 0 Å². The summed E-state index contributed by atoms with van der Waals surface area (Å²) >= 11 is 5.98. The number of benzene rings is 3. The van der Waals surface area contributed by atoms with Gasteiger partial charge in [0.15, 0.2) is 5.78 Å². The zero-order valence-corrected chi connectivity index (χ0v) is 12.9. The van der Waals surface area contributed by atoms with Gasteiger partial charge in [0.2, 0.25) is 0 Å². The van der Waals surface area contributed by atoms with Crippen molar-refractivity contribution in [2.75, 3.05) is 0 Å². The Morgan fingerprint density at radius 3 is 1.74 bits per heavy atom. The number of aliphatic hydroxyl groups is 1. The molecule has 2 nitrogen and oxygen atoms in total. The summed E-state index contributed by atoms with van der Waals surface area (Å²) in [7, 11) is 0.